The van der Waals surface area contributed by atoms with E-state index in [4.69, 9.17) is 10.1 Å². The highest BCUT2D eigenvalue weighted by atomic mass is 16.4. The van der Waals surface area contributed by atoms with Crippen molar-refractivity contribution in [3.8, 4) is 0 Å². The van der Waals surface area contributed by atoms with Gasteiger partial charge in [-0.2, -0.15) is 5.10 Å². The molecule has 0 bridgehead atoms. The number of carboxylic acids is 1. The number of amides is 1. The molecule has 0 saturated heterocycles. The third-order valence-electron chi connectivity index (χ3n) is 4.92. The molecule has 0 atom stereocenters. The Balaban J connectivity index is 1.74. The number of hydrogen-bond acceptors (Lipinski definition) is 4. The number of fused-ring (bicyclic) bond motifs is 1. The number of para-hydroxylation sites is 1. The first-order chi connectivity index (χ1) is 13.4. The van der Waals surface area contributed by atoms with E-state index >= 15 is 0 Å². The van der Waals surface area contributed by atoms with Crippen LogP contribution in [0, 0.1) is 0 Å². The van der Waals surface area contributed by atoms with E-state index in [2.05, 4.69) is 10.4 Å². The summed E-state index contributed by atoms with van der Waals surface area (Å²) in [5.41, 5.74) is 3.21. The van der Waals surface area contributed by atoms with Crippen LogP contribution in [-0.2, 0) is 11.2 Å². The number of benzene rings is 1. The van der Waals surface area contributed by atoms with Crippen LogP contribution in [-0.4, -0.2) is 31.7 Å². The minimum Gasteiger partial charge on any atom is -0.481 e. The molecule has 2 heterocycles. The number of nitrogens with zero attached hydrogens (tertiary/aromatic N) is 3. The van der Waals surface area contributed by atoms with Crippen molar-refractivity contribution in [3.05, 3.63) is 53.3 Å². The summed E-state index contributed by atoms with van der Waals surface area (Å²) in [5.74, 6) is -0.830. The van der Waals surface area contributed by atoms with E-state index in [1.54, 1.807) is 30.5 Å². The summed E-state index contributed by atoms with van der Waals surface area (Å²) in [4.78, 5) is 29.0. The molecule has 1 fully saturated rings. The smallest absolute Gasteiger partial charge is 0.307 e. The van der Waals surface area contributed by atoms with Crippen molar-refractivity contribution in [2.45, 2.75) is 45.1 Å². The number of anilines is 1. The van der Waals surface area contributed by atoms with Gasteiger partial charge in [-0.25, -0.2) is 9.67 Å². The van der Waals surface area contributed by atoms with Gasteiger partial charge in [0, 0.05) is 23.3 Å². The Morgan fingerprint density at radius 1 is 1.29 bits per heavy atom. The van der Waals surface area contributed by atoms with Crippen LogP contribution in [0.25, 0.3) is 11.0 Å². The lowest BCUT2D eigenvalue weighted by Crippen LogP contribution is -2.16. The van der Waals surface area contributed by atoms with Crippen LogP contribution in [0.3, 0.4) is 0 Å². The second-order valence-electron chi connectivity index (χ2n) is 7.47. The first-order valence-corrected chi connectivity index (χ1v) is 9.43. The summed E-state index contributed by atoms with van der Waals surface area (Å²) in [6, 6.07) is 8.94. The molecule has 0 unspecified atom stereocenters. The lowest BCUT2D eigenvalue weighted by atomic mass is 10.1. The van der Waals surface area contributed by atoms with E-state index in [9.17, 15) is 9.59 Å². The fraction of sp³-hybridized carbons (Fsp3) is 0.333. The number of aliphatic carboxylic acids is 1. The predicted octanol–water partition coefficient (Wildman–Crippen LogP) is 3.77. The maximum absolute atomic E-state index is 13.1. The highest BCUT2D eigenvalue weighted by Crippen LogP contribution is 2.40. The quantitative estimate of drug-likeness (QED) is 0.680. The van der Waals surface area contributed by atoms with Gasteiger partial charge in [0.15, 0.2) is 5.65 Å². The first-order valence-electron chi connectivity index (χ1n) is 9.43. The van der Waals surface area contributed by atoms with E-state index < -0.39 is 5.97 Å². The lowest BCUT2D eigenvalue weighted by Gasteiger charge is -2.12. The number of hydrogen-bond donors (Lipinski definition) is 2. The molecule has 2 aromatic heterocycles. The van der Waals surface area contributed by atoms with E-state index in [1.807, 2.05) is 24.6 Å². The Morgan fingerprint density at radius 3 is 2.71 bits per heavy atom. The highest BCUT2D eigenvalue weighted by Gasteiger charge is 2.28. The summed E-state index contributed by atoms with van der Waals surface area (Å²) in [6.45, 7) is 4.06. The largest absolute Gasteiger partial charge is 0.481 e. The number of aromatic nitrogens is 3. The Kier molecular flexibility index (Phi) is 4.58. The molecule has 1 aliphatic rings. The fourth-order valence-electron chi connectivity index (χ4n) is 3.34. The number of pyridine rings is 1. The number of carbonyl (C=O) groups excluding carboxylic acids is 1. The Morgan fingerprint density at radius 2 is 2.04 bits per heavy atom. The molecule has 2 N–H and O–H groups in total. The van der Waals surface area contributed by atoms with E-state index in [0.717, 1.165) is 18.5 Å². The second kappa shape index (κ2) is 7.07. The van der Waals surface area contributed by atoms with Crippen molar-refractivity contribution < 1.29 is 14.7 Å². The van der Waals surface area contributed by atoms with Crippen molar-refractivity contribution >= 4 is 28.6 Å². The molecule has 1 aliphatic carbocycles. The Labute approximate surface area is 162 Å². The molecule has 28 heavy (non-hydrogen) atoms. The first kappa shape index (κ1) is 18.2. The topological polar surface area (TPSA) is 97.1 Å². The lowest BCUT2D eigenvalue weighted by molar-refractivity contribution is -0.136. The average molecular weight is 378 g/mol. The maximum atomic E-state index is 13.1. The minimum absolute atomic E-state index is 0.131. The van der Waals surface area contributed by atoms with Crippen LogP contribution in [0.4, 0.5) is 5.69 Å². The van der Waals surface area contributed by atoms with Crippen molar-refractivity contribution in [2.75, 3.05) is 5.32 Å². The second-order valence-corrected chi connectivity index (χ2v) is 7.47. The molecule has 3 aromatic rings. The van der Waals surface area contributed by atoms with E-state index in [1.165, 1.54) is 0 Å². The summed E-state index contributed by atoms with van der Waals surface area (Å²) >= 11 is 0. The Hall–Kier alpha value is -3.22. The normalized spacial score (nSPS) is 13.8. The van der Waals surface area contributed by atoms with Crippen molar-refractivity contribution in [3.63, 3.8) is 0 Å². The van der Waals surface area contributed by atoms with Crippen LogP contribution >= 0.6 is 0 Å². The third kappa shape index (κ3) is 3.47. The third-order valence-corrected chi connectivity index (χ3v) is 4.92. The Bertz CT molecular complexity index is 1070. The summed E-state index contributed by atoms with van der Waals surface area (Å²) < 4.78 is 1.83. The molecule has 7 heteroatoms. The van der Waals surface area contributed by atoms with Crippen LogP contribution < -0.4 is 5.32 Å². The van der Waals surface area contributed by atoms with Gasteiger partial charge in [0.05, 0.1) is 23.6 Å². The fourth-order valence-corrected chi connectivity index (χ4v) is 3.34. The molecular weight excluding hydrogens is 356 g/mol. The monoisotopic (exact) mass is 378 g/mol. The number of carbonyl (C=O) groups is 2. The molecular formula is C21H22N4O3. The van der Waals surface area contributed by atoms with Gasteiger partial charge >= 0.3 is 5.97 Å². The summed E-state index contributed by atoms with van der Waals surface area (Å²) in [6.07, 6.45) is 3.69. The molecule has 0 spiro atoms. The van der Waals surface area contributed by atoms with Gasteiger partial charge in [0.25, 0.3) is 5.91 Å². The molecule has 4 rings (SSSR count). The van der Waals surface area contributed by atoms with Crippen LogP contribution in [0.5, 0.6) is 0 Å². The minimum atomic E-state index is -0.942. The summed E-state index contributed by atoms with van der Waals surface area (Å²) in [5, 5.41) is 17.1. The molecule has 0 aliphatic heterocycles. The van der Waals surface area contributed by atoms with Gasteiger partial charge in [0.1, 0.15) is 0 Å². The van der Waals surface area contributed by atoms with Crippen LogP contribution in [0.15, 0.2) is 36.5 Å². The molecule has 1 saturated carbocycles. The zero-order valence-corrected chi connectivity index (χ0v) is 15.8. The zero-order valence-electron chi connectivity index (χ0n) is 15.8. The average Bonchev–Trinajstić information content (AvgIpc) is 3.41. The molecule has 1 aromatic carbocycles. The molecule has 0 radical (unpaired) electrons. The molecule has 7 nitrogen and oxygen atoms in total. The van der Waals surface area contributed by atoms with E-state index in [0.29, 0.717) is 33.8 Å². The van der Waals surface area contributed by atoms with Gasteiger partial charge in [-0.1, -0.05) is 18.2 Å². The van der Waals surface area contributed by atoms with Crippen molar-refractivity contribution in [1.29, 1.82) is 0 Å². The van der Waals surface area contributed by atoms with Crippen molar-refractivity contribution in [1.82, 2.24) is 14.8 Å². The van der Waals surface area contributed by atoms with Gasteiger partial charge in [-0.15, -0.1) is 0 Å². The SMILES string of the molecule is CC(C)n1ncc2c(C(=O)Nc3ccccc3CC(=O)O)cc(C3CC3)nc21. The molecule has 144 valence electrons. The number of rotatable bonds is 6. The van der Waals surface area contributed by atoms with Gasteiger partial charge < -0.3 is 10.4 Å². The van der Waals surface area contributed by atoms with Crippen LogP contribution in [0.1, 0.15) is 60.3 Å². The number of carboxylic acid groups (broad SMARTS) is 1. The van der Waals surface area contributed by atoms with Gasteiger partial charge in [-0.05, 0) is 44.4 Å². The maximum Gasteiger partial charge on any atom is 0.307 e. The standard InChI is InChI=1S/C21H22N4O3/c1-12(2)25-20-16(11-22-25)15(10-18(23-20)13-7-8-13)21(28)24-17-6-4-3-5-14(17)9-19(26)27/h3-6,10-13H,7-9H2,1-2H3,(H,24,28)(H,26,27). The predicted molar refractivity (Wildman–Crippen MR) is 106 cm³/mol. The van der Waals surface area contributed by atoms with Crippen LogP contribution in [0.2, 0.25) is 0 Å². The van der Waals surface area contributed by atoms with E-state index in [-0.39, 0.29) is 18.4 Å². The van der Waals surface area contributed by atoms with Crippen molar-refractivity contribution in [2.24, 2.45) is 0 Å². The summed E-state index contributed by atoms with van der Waals surface area (Å²) in [7, 11) is 0. The van der Waals surface area contributed by atoms with Gasteiger partial charge in [-0.3, -0.25) is 9.59 Å². The highest BCUT2D eigenvalue weighted by molar-refractivity contribution is 6.12. The zero-order chi connectivity index (χ0) is 19.8. The molecule has 1 amide bonds. The van der Waals surface area contributed by atoms with Gasteiger partial charge in [0.2, 0.25) is 0 Å². The number of nitrogens with one attached hydrogen (secondary N) is 1.